The smallest absolute Gasteiger partial charge is 0.248 e. The molecule has 0 heterocycles. The van der Waals surface area contributed by atoms with Gasteiger partial charge < -0.3 is 0 Å². The normalized spacial score (nSPS) is 10.1. The highest BCUT2D eigenvalue weighted by molar-refractivity contribution is 7.99. The number of hydrogen-bond acceptors (Lipinski definition) is 3. The van der Waals surface area contributed by atoms with Gasteiger partial charge in [-0.15, -0.1) is 11.8 Å². The first kappa shape index (κ1) is 14.8. The molecule has 0 aromatic heterocycles. The third kappa shape index (κ3) is 5.15. The van der Waals surface area contributed by atoms with Crippen molar-refractivity contribution in [1.29, 1.82) is 0 Å². The van der Waals surface area contributed by atoms with Crippen LogP contribution in [-0.4, -0.2) is 11.7 Å². The van der Waals surface area contributed by atoms with Crippen LogP contribution < -0.4 is 10.9 Å². The van der Waals surface area contributed by atoms with Crippen LogP contribution in [0.15, 0.2) is 54.6 Å². The minimum atomic E-state index is -0.0483. The molecule has 0 aliphatic rings. The summed E-state index contributed by atoms with van der Waals surface area (Å²) in [6, 6.07) is 17.2. The first-order valence-corrected chi connectivity index (χ1v) is 7.69. The Labute approximate surface area is 127 Å². The molecule has 5 heteroatoms. The summed E-state index contributed by atoms with van der Waals surface area (Å²) < 4.78 is 0. The van der Waals surface area contributed by atoms with Crippen molar-refractivity contribution < 1.29 is 4.79 Å². The van der Waals surface area contributed by atoms with Crippen molar-refractivity contribution in [1.82, 2.24) is 5.43 Å². The summed E-state index contributed by atoms with van der Waals surface area (Å²) in [5, 5.41) is 0.726. The minimum Gasteiger partial charge on any atom is -0.299 e. The Balaban J connectivity index is 1.66. The lowest BCUT2D eigenvalue weighted by Crippen LogP contribution is -2.30. The Morgan fingerprint density at radius 3 is 2.45 bits per heavy atom. The number of carbonyl (C=O) groups excluding carboxylic acids is 1. The largest absolute Gasteiger partial charge is 0.299 e. The van der Waals surface area contributed by atoms with Crippen molar-refractivity contribution in [2.45, 2.75) is 5.75 Å². The zero-order valence-corrected chi connectivity index (χ0v) is 12.4. The molecule has 0 aliphatic carbocycles. The second-order valence-electron chi connectivity index (χ2n) is 4.16. The summed E-state index contributed by atoms with van der Waals surface area (Å²) in [4.78, 5) is 11.6. The molecule has 0 atom stereocenters. The molecule has 0 fully saturated rings. The van der Waals surface area contributed by atoms with E-state index < -0.39 is 0 Å². The van der Waals surface area contributed by atoms with Gasteiger partial charge in [-0.25, -0.2) is 0 Å². The maximum atomic E-state index is 11.6. The maximum absolute atomic E-state index is 11.6. The van der Waals surface area contributed by atoms with E-state index in [0.717, 1.165) is 22.0 Å². The van der Waals surface area contributed by atoms with Gasteiger partial charge in [0.2, 0.25) is 5.91 Å². The van der Waals surface area contributed by atoms with Crippen molar-refractivity contribution in [2.24, 2.45) is 0 Å². The molecule has 0 aliphatic heterocycles. The highest BCUT2D eigenvalue weighted by Crippen LogP contribution is 2.15. The van der Waals surface area contributed by atoms with Crippen molar-refractivity contribution >= 4 is 35.0 Å². The third-order valence-electron chi connectivity index (χ3n) is 2.54. The number of halogens is 1. The summed E-state index contributed by atoms with van der Waals surface area (Å²) >= 11 is 7.38. The molecule has 0 saturated carbocycles. The summed E-state index contributed by atoms with van der Waals surface area (Å²) in [6.07, 6.45) is 0. The molecule has 0 spiro atoms. The van der Waals surface area contributed by atoms with Gasteiger partial charge >= 0.3 is 0 Å². The molecular weight excluding hydrogens is 292 g/mol. The number of hydrazine groups is 1. The molecule has 20 heavy (non-hydrogen) atoms. The third-order valence-corrected chi connectivity index (χ3v) is 3.79. The lowest BCUT2D eigenvalue weighted by Gasteiger charge is -2.08. The second kappa shape index (κ2) is 7.82. The number of thioether (sulfide) groups is 1. The second-order valence-corrected chi connectivity index (χ2v) is 5.58. The number of hydrogen-bond donors (Lipinski definition) is 2. The number of anilines is 1. The van der Waals surface area contributed by atoms with E-state index in [1.54, 1.807) is 11.8 Å². The lowest BCUT2D eigenvalue weighted by molar-refractivity contribution is -0.118. The fraction of sp³-hybridized carbons (Fsp3) is 0.133. The average molecular weight is 307 g/mol. The summed E-state index contributed by atoms with van der Waals surface area (Å²) in [7, 11) is 0. The first-order valence-electron chi connectivity index (χ1n) is 6.16. The maximum Gasteiger partial charge on any atom is 0.248 e. The van der Waals surface area contributed by atoms with Crippen molar-refractivity contribution in [2.75, 3.05) is 11.2 Å². The monoisotopic (exact) mass is 306 g/mol. The molecule has 1 amide bonds. The zero-order valence-electron chi connectivity index (χ0n) is 10.8. The van der Waals surface area contributed by atoms with E-state index in [1.807, 2.05) is 54.6 Å². The fourth-order valence-electron chi connectivity index (χ4n) is 1.54. The van der Waals surface area contributed by atoms with Crippen LogP contribution in [0.25, 0.3) is 0 Å². The van der Waals surface area contributed by atoms with Crippen LogP contribution in [0.3, 0.4) is 0 Å². The van der Waals surface area contributed by atoms with Gasteiger partial charge in [-0.05, 0) is 29.8 Å². The summed E-state index contributed by atoms with van der Waals surface area (Å²) in [5.74, 6) is 1.14. The van der Waals surface area contributed by atoms with Crippen LogP contribution in [0.1, 0.15) is 5.56 Å². The summed E-state index contributed by atoms with van der Waals surface area (Å²) in [6.45, 7) is 0. The number of carbonyl (C=O) groups is 1. The Morgan fingerprint density at radius 2 is 1.75 bits per heavy atom. The van der Waals surface area contributed by atoms with Gasteiger partial charge in [-0.2, -0.15) is 0 Å². The SMILES string of the molecule is O=C(CSCc1ccc(Cl)cc1)NNc1ccccc1. The van der Waals surface area contributed by atoms with Gasteiger partial charge in [0.1, 0.15) is 0 Å². The van der Waals surface area contributed by atoms with Crippen molar-refractivity contribution in [3.05, 3.63) is 65.2 Å². The molecular formula is C15H15ClN2OS. The average Bonchev–Trinajstić information content (AvgIpc) is 2.48. The van der Waals surface area contributed by atoms with Crippen LogP contribution in [0.5, 0.6) is 0 Å². The van der Waals surface area contributed by atoms with E-state index in [-0.39, 0.29) is 5.91 Å². The molecule has 2 aromatic rings. The number of rotatable bonds is 6. The quantitative estimate of drug-likeness (QED) is 0.799. The van der Waals surface area contributed by atoms with E-state index in [0.29, 0.717) is 5.75 Å². The van der Waals surface area contributed by atoms with E-state index in [4.69, 9.17) is 11.6 Å². The van der Waals surface area contributed by atoms with Gasteiger partial charge in [0.15, 0.2) is 0 Å². The Morgan fingerprint density at radius 1 is 1.05 bits per heavy atom. The topological polar surface area (TPSA) is 41.1 Å². The lowest BCUT2D eigenvalue weighted by atomic mass is 10.2. The molecule has 2 aromatic carbocycles. The molecule has 0 bridgehead atoms. The van der Waals surface area contributed by atoms with E-state index in [1.165, 1.54) is 0 Å². The van der Waals surface area contributed by atoms with Crippen LogP contribution >= 0.6 is 23.4 Å². The number of amides is 1. The number of benzene rings is 2. The molecule has 0 radical (unpaired) electrons. The first-order chi connectivity index (χ1) is 9.74. The molecule has 2 rings (SSSR count). The number of para-hydroxylation sites is 1. The van der Waals surface area contributed by atoms with Gasteiger partial charge in [0, 0.05) is 10.8 Å². The highest BCUT2D eigenvalue weighted by Gasteiger charge is 2.01. The Kier molecular flexibility index (Phi) is 5.77. The predicted octanol–water partition coefficient (Wildman–Crippen LogP) is 3.72. The predicted molar refractivity (Wildman–Crippen MR) is 85.8 cm³/mol. The standard InChI is InChI=1S/C15H15ClN2OS/c16-13-8-6-12(7-9-13)10-20-11-15(19)18-17-14-4-2-1-3-5-14/h1-9,17H,10-11H2,(H,18,19). The van der Waals surface area contributed by atoms with Crippen LogP contribution in [0.2, 0.25) is 5.02 Å². The van der Waals surface area contributed by atoms with Gasteiger partial charge in [0.25, 0.3) is 0 Å². The zero-order chi connectivity index (χ0) is 14.2. The van der Waals surface area contributed by atoms with Crippen LogP contribution in [0.4, 0.5) is 5.69 Å². The number of nitrogens with one attached hydrogen (secondary N) is 2. The molecule has 2 N–H and O–H groups in total. The van der Waals surface area contributed by atoms with E-state index >= 15 is 0 Å². The molecule has 104 valence electrons. The summed E-state index contributed by atoms with van der Waals surface area (Å²) in [5.41, 5.74) is 7.55. The highest BCUT2D eigenvalue weighted by atomic mass is 35.5. The molecule has 0 unspecified atom stereocenters. The fourth-order valence-corrected chi connectivity index (χ4v) is 2.46. The molecule has 0 saturated heterocycles. The van der Waals surface area contributed by atoms with Gasteiger partial charge in [0.05, 0.1) is 11.4 Å². The van der Waals surface area contributed by atoms with Crippen molar-refractivity contribution in [3.63, 3.8) is 0 Å². The van der Waals surface area contributed by atoms with Gasteiger partial charge in [-0.1, -0.05) is 41.9 Å². The van der Waals surface area contributed by atoms with Crippen LogP contribution in [0, 0.1) is 0 Å². The van der Waals surface area contributed by atoms with E-state index in [2.05, 4.69) is 10.9 Å². The van der Waals surface area contributed by atoms with E-state index in [9.17, 15) is 4.79 Å². The minimum absolute atomic E-state index is 0.0483. The Bertz CT molecular complexity index is 546. The van der Waals surface area contributed by atoms with Gasteiger partial charge in [-0.3, -0.25) is 15.6 Å². The molecule has 3 nitrogen and oxygen atoms in total. The Hall–Kier alpha value is -1.65. The van der Waals surface area contributed by atoms with Crippen molar-refractivity contribution in [3.8, 4) is 0 Å². The van der Waals surface area contributed by atoms with Crippen LogP contribution in [-0.2, 0) is 10.5 Å².